The highest BCUT2D eigenvalue weighted by atomic mass is 32.2. The van der Waals surface area contributed by atoms with Crippen LogP contribution in [0.5, 0.6) is 0 Å². The summed E-state index contributed by atoms with van der Waals surface area (Å²) in [5, 5.41) is 7.97. The summed E-state index contributed by atoms with van der Waals surface area (Å²) in [5.41, 5.74) is 3.34. The lowest BCUT2D eigenvalue weighted by Gasteiger charge is -2.19. The highest BCUT2D eigenvalue weighted by Gasteiger charge is 2.36. The van der Waals surface area contributed by atoms with Crippen molar-refractivity contribution in [2.45, 2.75) is 42.4 Å². The van der Waals surface area contributed by atoms with E-state index in [0.717, 1.165) is 17.5 Å². The molecular formula is C26H27N5O3S. The molecule has 0 spiro atoms. The summed E-state index contributed by atoms with van der Waals surface area (Å²) in [7, 11) is 0.623. The van der Waals surface area contributed by atoms with Crippen molar-refractivity contribution < 1.29 is 12.8 Å². The van der Waals surface area contributed by atoms with Gasteiger partial charge in [0.05, 0.1) is 27.7 Å². The van der Waals surface area contributed by atoms with E-state index in [1.807, 2.05) is 51.4 Å². The SMILES string of the molecule is Cc1ncc(-c2ccc(S(=O)(=O)C3CC[C@@H](N(C)C)C3)cc2)nc1-c1nnc(-c2ccccc2)o1. The third-order valence-corrected chi connectivity index (χ3v) is 8.84. The van der Waals surface area contributed by atoms with Gasteiger partial charge in [0.2, 0.25) is 5.89 Å². The van der Waals surface area contributed by atoms with Gasteiger partial charge in [-0.05, 0) is 64.5 Å². The summed E-state index contributed by atoms with van der Waals surface area (Å²) >= 11 is 0. The van der Waals surface area contributed by atoms with Crippen LogP contribution in [0.2, 0.25) is 0 Å². The van der Waals surface area contributed by atoms with E-state index < -0.39 is 9.84 Å². The van der Waals surface area contributed by atoms with Gasteiger partial charge in [-0.2, -0.15) is 0 Å². The Labute approximate surface area is 205 Å². The van der Waals surface area contributed by atoms with Crippen molar-refractivity contribution in [1.29, 1.82) is 0 Å². The van der Waals surface area contributed by atoms with Gasteiger partial charge in [-0.15, -0.1) is 10.2 Å². The van der Waals surface area contributed by atoms with Crippen LogP contribution in [0, 0.1) is 6.92 Å². The van der Waals surface area contributed by atoms with Crippen LogP contribution >= 0.6 is 0 Å². The van der Waals surface area contributed by atoms with Crippen LogP contribution in [0.3, 0.4) is 0 Å². The largest absolute Gasteiger partial charge is 0.415 e. The number of nitrogens with zero attached hydrogens (tertiary/aromatic N) is 5. The molecule has 4 aromatic rings. The molecule has 0 N–H and O–H groups in total. The van der Waals surface area contributed by atoms with Crippen LogP contribution in [-0.4, -0.2) is 58.9 Å². The Morgan fingerprint density at radius 1 is 0.914 bits per heavy atom. The molecular weight excluding hydrogens is 462 g/mol. The van der Waals surface area contributed by atoms with Crippen LogP contribution in [0.1, 0.15) is 25.0 Å². The van der Waals surface area contributed by atoms with Gasteiger partial charge in [0.15, 0.2) is 9.84 Å². The molecule has 1 aliphatic rings. The predicted octanol–water partition coefficient (Wildman–Crippen LogP) is 4.43. The molecule has 9 heteroatoms. The second kappa shape index (κ2) is 9.31. The van der Waals surface area contributed by atoms with E-state index in [0.29, 0.717) is 46.8 Å². The summed E-state index contributed by atoms with van der Waals surface area (Å²) in [4.78, 5) is 11.6. The zero-order valence-corrected chi connectivity index (χ0v) is 20.7. The fraction of sp³-hybridized carbons (Fsp3) is 0.308. The fourth-order valence-electron chi connectivity index (χ4n) is 4.48. The molecule has 35 heavy (non-hydrogen) atoms. The van der Waals surface area contributed by atoms with Gasteiger partial charge >= 0.3 is 0 Å². The van der Waals surface area contributed by atoms with E-state index in [-0.39, 0.29) is 11.1 Å². The quantitative estimate of drug-likeness (QED) is 0.392. The topological polar surface area (TPSA) is 102 Å². The Hall–Kier alpha value is -3.43. The Kier molecular flexibility index (Phi) is 6.21. The average molecular weight is 490 g/mol. The van der Waals surface area contributed by atoms with E-state index >= 15 is 0 Å². The first-order valence-corrected chi connectivity index (χ1v) is 13.1. The summed E-state index contributed by atoms with van der Waals surface area (Å²) in [6.07, 6.45) is 3.92. The Balaban J connectivity index is 1.40. The molecule has 1 fully saturated rings. The molecule has 1 saturated carbocycles. The van der Waals surface area contributed by atoms with Crippen LogP contribution in [0.4, 0.5) is 0 Å². The van der Waals surface area contributed by atoms with E-state index in [2.05, 4.69) is 20.1 Å². The van der Waals surface area contributed by atoms with Crippen LogP contribution < -0.4 is 0 Å². The summed E-state index contributed by atoms with van der Waals surface area (Å²) < 4.78 is 32.2. The molecule has 1 unspecified atom stereocenters. The first-order chi connectivity index (χ1) is 16.8. The Morgan fingerprint density at radius 2 is 1.63 bits per heavy atom. The number of aryl methyl sites for hydroxylation is 1. The van der Waals surface area contributed by atoms with Crippen molar-refractivity contribution in [3.63, 3.8) is 0 Å². The Morgan fingerprint density at radius 3 is 2.31 bits per heavy atom. The molecule has 2 atom stereocenters. The minimum absolute atomic E-state index is 0.284. The van der Waals surface area contributed by atoms with Gasteiger partial charge in [-0.1, -0.05) is 30.3 Å². The van der Waals surface area contributed by atoms with Gasteiger partial charge in [0, 0.05) is 17.2 Å². The molecule has 180 valence electrons. The number of benzene rings is 2. The molecule has 0 saturated heterocycles. The summed E-state index contributed by atoms with van der Waals surface area (Å²) in [5.74, 6) is 0.691. The summed E-state index contributed by atoms with van der Waals surface area (Å²) in [6, 6.07) is 16.7. The molecule has 2 aromatic carbocycles. The molecule has 2 aromatic heterocycles. The van der Waals surface area contributed by atoms with E-state index in [1.54, 1.807) is 30.5 Å². The molecule has 0 aliphatic heterocycles. The van der Waals surface area contributed by atoms with E-state index in [4.69, 9.17) is 9.40 Å². The molecule has 5 rings (SSSR count). The van der Waals surface area contributed by atoms with Crippen molar-refractivity contribution in [2.24, 2.45) is 0 Å². The van der Waals surface area contributed by atoms with Crippen LogP contribution in [0.25, 0.3) is 34.3 Å². The van der Waals surface area contributed by atoms with Gasteiger partial charge in [-0.25, -0.2) is 13.4 Å². The lowest BCUT2D eigenvalue weighted by Crippen LogP contribution is -2.27. The van der Waals surface area contributed by atoms with Crippen molar-refractivity contribution >= 4 is 9.84 Å². The smallest absolute Gasteiger partial charge is 0.268 e. The average Bonchev–Trinajstić information content (AvgIpc) is 3.56. The summed E-state index contributed by atoms with van der Waals surface area (Å²) in [6.45, 7) is 1.83. The van der Waals surface area contributed by atoms with Crippen molar-refractivity contribution in [2.75, 3.05) is 14.1 Å². The number of aromatic nitrogens is 4. The van der Waals surface area contributed by atoms with Gasteiger partial charge in [-0.3, -0.25) is 4.98 Å². The molecule has 8 nitrogen and oxygen atoms in total. The van der Waals surface area contributed by atoms with Crippen molar-refractivity contribution in [3.05, 3.63) is 66.5 Å². The van der Waals surface area contributed by atoms with Crippen LogP contribution in [0.15, 0.2) is 70.1 Å². The lowest BCUT2D eigenvalue weighted by molar-refractivity contribution is 0.299. The third-order valence-electron chi connectivity index (χ3n) is 6.61. The van der Waals surface area contributed by atoms with E-state index in [1.165, 1.54) is 0 Å². The highest BCUT2D eigenvalue weighted by molar-refractivity contribution is 7.92. The number of rotatable bonds is 6. The van der Waals surface area contributed by atoms with Gasteiger partial charge in [0.25, 0.3) is 5.89 Å². The van der Waals surface area contributed by atoms with Gasteiger partial charge in [0.1, 0.15) is 5.69 Å². The molecule has 2 heterocycles. The number of hydrogen-bond acceptors (Lipinski definition) is 8. The minimum atomic E-state index is -3.38. The van der Waals surface area contributed by atoms with Crippen LogP contribution in [-0.2, 0) is 9.84 Å². The molecule has 0 bridgehead atoms. The van der Waals surface area contributed by atoms with Crippen molar-refractivity contribution in [1.82, 2.24) is 25.1 Å². The minimum Gasteiger partial charge on any atom is -0.415 e. The number of sulfone groups is 1. The maximum Gasteiger partial charge on any atom is 0.268 e. The molecule has 0 amide bonds. The second-order valence-corrected chi connectivity index (χ2v) is 11.3. The first-order valence-electron chi connectivity index (χ1n) is 11.6. The van der Waals surface area contributed by atoms with E-state index in [9.17, 15) is 8.42 Å². The standard InChI is InChI=1S/C26H27N5O3S/c1-17-24(26-30-29-25(34-26)19-7-5-4-6-8-19)28-23(16-27-17)18-9-12-21(13-10-18)35(32,33)22-14-11-20(15-22)31(2)3/h4-10,12-13,16,20,22H,11,14-15H2,1-3H3/t20-,22?/m1/s1. The lowest BCUT2D eigenvalue weighted by atomic mass is 10.1. The number of hydrogen-bond donors (Lipinski definition) is 0. The Bertz CT molecular complexity index is 1430. The van der Waals surface area contributed by atoms with Gasteiger partial charge < -0.3 is 9.32 Å². The maximum absolute atomic E-state index is 13.2. The normalized spacial score (nSPS) is 18.3. The third kappa shape index (κ3) is 4.61. The highest BCUT2D eigenvalue weighted by Crippen LogP contribution is 2.33. The predicted molar refractivity (Wildman–Crippen MR) is 133 cm³/mol. The first kappa shape index (κ1) is 23.3. The fourth-order valence-corrected chi connectivity index (χ4v) is 6.31. The molecule has 1 aliphatic carbocycles. The maximum atomic E-state index is 13.2. The monoisotopic (exact) mass is 489 g/mol. The van der Waals surface area contributed by atoms with Crippen molar-refractivity contribution in [3.8, 4) is 34.3 Å². The second-order valence-electron chi connectivity index (χ2n) is 9.09. The zero-order chi connectivity index (χ0) is 24.6. The zero-order valence-electron chi connectivity index (χ0n) is 19.9. The molecule has 0 radical (unpaired) electrons.